The van der Waals surface area contributed by atoms with E-state index in [2.05, 4.69) is 36.2 Å². The van der Waals surface area contributed by atoms with Crippen LogP contribution in [0, 0.1) is 0 Å². The van der Waals surface area contributed by atoms with Crippen molar-refractivity contribution in [3.8, 4) is 5.82 Å². The Labute approximate surface area is 168 Å². The summed E-state index contributed by atoms with van der Waals surface area (Å²) in [7, 11) is 0. The highest BCUT2D eigenvalue weighted by Gasteiger charge is 2.22. The molecule has 3 aromatic rings. The molecule has 1 amide bonds. The molecule has 0 aliphatic rings. The average molecular weight is 401 g/mol. The average Bonchev–Trinajstić information content (AvgIpc) is 3.06. The summed E-state index contributed by atoms with van der Waals surface area (Å²) in [6.45, 7) is 6.24. The molecule has 0 atom stereocenters. The maximum absolute atomic E-state index is 12.5. The molecule has 0 spiro atoms. The Morgan fingerprint density at radius 3 is 2.59 bits per heavy atom. The first-order valence-electron chi connectivity index (χ1n) is 8.54. The number of nitrogens with zero attached hydrogens (tertiary/aromatic N) is 3. The number of hydrogen-bond acceptors (Lipinski definition) is 4. The van der Waals surface area contributed by atoms with Crippen molar-refractivity contribution >= 4 is 35.1 Å². The van der Waals surface area contributed by atoms with Crippen molar-refractivity contribution in [3.05, 3.63) is 65.4 Å². The van der Waals surface area contributed by atoms with Crippen molar-refractivity contribution in [1.82, 2.24) is 14.8 Å². The molecule has 0 unspecified atom stereocenters. The number of hydrogen-bond donors (Lipinski definition) is 1. The van der Waals surface area contributed by atoms with Gasteiger partial charge in [0.1, 0.15) is 5.82 Å². The van der Waals surface area contributed by atoms with E-state index < -0.39 is 0 Å². The number of rotatable bonds is 5. The predicted octanol–water partition coefficient (Wildman–Crippen LogP) is 4.95. The molecule has 1 aromatic carbocycles. The van der Waals surface area contributed by atoms with E-state index in [-0.39, 0.29) is 17.1 Å². The van der Waals surface area contributed by atoms with E-state index in [4.69, 9.17) is 11.6 Å². The van der Waals surface area contributed by atoms with E-state index in [1.165, 1.54) is 11.8 Å². The van der Waals surface area contributed by atoms with Crippen molar-refractivity contribution in [2.24, 2.45) is 0 Å². The number of anilines is 1. The molecule has 2 aromatic heterocycles. The standard InChI is InChI=1S/C20H21ClN4OS/c1-20(2,3)16-12-18(25(24-16)17-10-6-7-11-22-17)23-19(26)13-27-15-9-5-4-8-14(15)21/h4-12H,13H2,1-3H3,(H,23,26). The van der Waals surface area contributed by atoms with Crippen LogP contribution in [0.1, 0.15) is 26.5 Å². The Balaban J connectivity index is 1.80. The summed E-state index contributed by atoms with van der Waals surface area (Å²) in [6.07, 6.45) is 1.70. The zero-order valence-corrected chi connectivity index (χ0v) is 17.0. The number of halogens is 1. The summed E-state index contributed by atoms with van der Waals surface area (Å²) < 4.78 is 1.67. The van der Waals surface area contributed by atoms with Crippen LogP contribution in [0.25, 0.3) is 5.82 Å². The van der Waals surface area contributed by atoms with Gasteiger partial charge in [-0.05, 0) is 24.3 Å². The fraction of sp³-hybridized carbons (Fsp3) is 0.250. The van der Waals surface area contributed by atoms with E-state index in [1.54, 1.807) is 10.9 Å². The lowest BCUT2D eigenvalue weighted by atomic mass is 9.92. The quantitative estimate of drug-likeness (QED) is 0.615. The molecule has 0 fully saturated rings. The molecule has 0 bridgehead atoms. The highest BCUT2D eigenvalue weighted by atomic mass is 35.5. The van der Waals surface area contributed by atoms with Gasteiger partial charge in [-0.3, -0.25) is 4.79 Å². The SMILES string of the molecule is CC(C)(C)c1cc(NC(=O)CSc2ccccc2Cl)n(-c2ccccn2)n1. The number of carbonyl (C=O) groups excluding carboxylic acids is 1. The fourth-order valence-electron chi connectivity index (χ4n) is 2.37. The van der Waals surface area contributed by atoms with Gasteiger partial charge in [0.25, 0.3) is 0 Å². The summed E-state index contributed by atoms with van der Waals surface area (Å²) in [5.41, 5.74) is 0.730. The first-order chi connectivity index (χ1) is 12.8. The third-order valence-corrected chi connectivity index (χ3v) is 5.32. The molecule has 7 heteroatoms. The van der Waals surface area contributed by atoms with Crippen molar-refractivity contribution in [2.45, 2.75) is 31.1 Å². The predicted molar refractivity (Wildman–Crippen MR) is 111 cm³/mol. The van der Waals surface area contributed by atoms with Crippen LogP contribution in [-0.4, -0.2) is 26.4 Å². The lowest BCUT2D eigenvalue weighted by Gasteiger charge is -2.13. The maximum atomic E-state index is 12.5. The number of nitrogens with one attached hydrogen (secondary N) is 1. The number of pyridine rings is 1. The normalized spacial score (nSPS) is 11.4. The Morgan fingerprint density at radius 1 is 1.19 bits per heavy atom. The van der Waals surface area contributed by atoms with Crippen molar-refractivity contribution in [2.75, 3.05) is 11.1 Å². The van der Waals surface area contributed by atoms with E-state index in [0.717, 1.165) is 10.6 Å². The number of thioether (sulfide) groups is 1. The van der Waals surface area contributed by atoms with E-state index in [1.807, 2.05) is 48.5 Å². The Morgan fingerprint density at radius 2 is 1.93 bits per heavy atom. The van der Waals surface area contributed by atoms with Crippen LogP contribution < -0.4 is 5.32 Å². The topological polar surface area (TPSA) is 59.8 Å². The Hall–Kier alpha value is -2.31. The largest absolute Gasteiger partial charge is 0.310 e. The Bertz CT molecular complexity index is 935. The second-order valence-corrected chi connectivity index (χ2v) is 8.46. The molecule has 0 saturated carbocycles. The zero-order valence-electron chi connectivity index (χ0n) is 15.4. The smallest absolute Gasteiger partial charge is 0.235 e. The molecule has 0 aliphatic heterocycles. The van der Waals surface area contributed by atoms with Crippen molar-refractivity contribution < 1.29 is 4.79 Å². The summed E-state index contributed by atoms with van der Waals surface area (Å²) >= 11 is 7.55. The van der Waals surface area contributed by atoms with E-state index in [9.17, 15) is 4.79 Å². The van der Waals surface area contributed by atoms with Gasteiger partial charge in [0.05, 0.1) is 16.5 Å². The van der Waals surface area contributed by atoms with Crippen LogP contribution in [0.15, 0.2) is 59.6 Å². The van der Waals surface area contributed by atoms with Gasteiger partial charge in [0.2, 0.25) is 5.91 Å². The van der Waals surface area contributed by atoms with E-state index in [0.29, 0.717) is 16.7 Å². The van der Waals surface area contributed by atoms with Gasteiger partial charge in [0, 0.05) is 22.6 Å². The van der Waals surface area contributed by atoms with Crippen LogP contribution in [0.3, 0.4) is 0 Å². The molecule has 140 valence electrons. The summed E-state index contributed by atoms with van der Waals surface area (Å²) in [5.74, 6) is 1.38. The molecule has 0 saturated heterocycles. The molecule has 2 heterocycles. The van der Waals surface area contributed by atoms with Crippen LogP contribution in [0.4, 0.5) is 5.82 Å². The van der Waals surface area contributed by atoms with Crippen LogP contribution in [0.2, 0.25) is 5.02 Å². The molecule has 3 rings (SSSR count). The van der Waals surface area contributed by atoms with Crippen LogP contribution in [0.5, 0.6) is 0 Å². The number of amides is 1. The van der Waals surface area contributed by atoms with Crippen LogP contribution >= 0.6 is 23.4 Å². The molecule has 27 heavy (non-hydrogen) atoms. The fourth-order valence-corrected chi connectivity index (χ4v) is 3.41. The minimum absolute atomic E-state index is 0.127. The van der Waals surface area contributed by atoms with Crippen LogP contribution in [-0.2, 0) is 10.2 Å². The summed E-state index contributed by atoms with van der Waals surface area (Å²) in [6, 6.07) is 15.0. The molecule has 0 radical (unpaired) electrons. The van der Waals surface area contributed by atoms with Gasteiger partial charge >= 0.3 is 0 Å². The highest BCUT2D eigenvalue weighted by Crippen LogP contribution is 2.28. The molecule has 5 nitrogen and oxygen atoms in total. The molecular weight excluding hydrogens is 380 g/mol. The van der Waals surface area contributed by atoms with Gasteiger partial charge in [-0.1, -0.05) is 50.6 Å². The number of carbonyl (C=O) groups is 1. The summed E-state index contributed by atoms with van der Waals surface area (Å²) in [5, 5.41) is 8.24. The first kappa shape index (κ1) is 19.5. The van der Waals surface area contributed by atoms with E-state index >= 15 is 0 Å². The van der Waals surface area contributed by atoms with Crippen molar-refractivity contribution in [3.63, 3.8) is 0 Å². The first-order valence-corrected chi connectivity index (χ1v) is 9.90. The lowest BCUT2D eigenvalue weighted by Crippen LogP contribution is -2.17. The molecular formula is C20H21ClN4OS. The third kappa shape index (κ3) is 4.90. The summed E-state index contributed by atoms with van der Waals surface area (Å²) in [4.78, 5) is 17.7. The maximum Gasteiger partial charge on any atom is 0.235 e. The van der Waals surface area contributed by atoms with Crippen molar-refractivity contribution in [1.29, 1.82) is 0 Å². The van der Waals surface area contributed by atoms with Gasteiger partial charge in [-0.15, -0.1) is 11.8 Å². The third-order valence-electron chi connectivity index (χ3n) is 3.81. The minimum Gasteiger partial charge on any atom is -0.310 e. The zero-order chi connectivity index (χ0) is 19.4. The molecule has 1 N–H and O–H groups in total. The lowest BCUT2D eigenvalue weighted by molar-refractivity contribution is -0.113. The highest BCUT2D eigenvalue weighted by molar-refractivity contribution is 8.00. The molecule has 0 aliphatic carbocycles. The van der Waals surface area contributed by atoms with Gasteiger partial charge in [0.15, 0.2) is 5.82 Å². The van der Waals surface area contributed by atoms with Gasteiger partial charge in [-0.2, -0.15) is 9.78 Å². The minimum atomic E-state index is -0.147. The second-order valence-electron chi connectivity index (χ2n) is 7.03. The monoisotopic (exact) mass is 400 g/mol. The van der Waals surface area contributed by atoms with Gasteiger partial charge in [-0.25, -0.2) is 4.98 Å². The number of benzene rings is 1. The van der Waals surface area contributed by atoms with Gasteiger partial charge < -0.3 is 5.32 Å². The number of aromatic nitrogens is 3. The second kappa shape index (κ2) is 8.15. The Kier molecular flexibility index (Phi) is 5.87.